The number of para-hydroxylation sites is 2. The molecule has 1 aliphatic heterocycles. The molecule has 4 aromatic rings. The molecule has 0 aliphatic carbocycles. The molecule has 1 aliphatic rings. The van der Waals surface area contributed by atoms with Crippen LogP contribution in [0.15, 0.2) is 78.9 Å². The smallest absolute Gasteiger partial charge is 0.337 e. The van der Waals surface area contributed by atoms with Gasteiger partial charge in [0.15, 0.2) is 6.61 Å². The average molecular weight is 496 g/mol. The number of rotatable bonds is 6. The van der Waals surface area contributed by atoms with Crippen LogP contribution in [0.2, 0.25) is 0 Å². The summed E-state index contributed by atoms with van der Waals surface area (Å²) in [6.07, 6.45) is 0. The van der Waals surface area contributed by atoms with Gasteiger partial charge in [-0.25, -0.2) is 4.79 Å². The van der Waals surface area contributed by atoms with Crippen molar-refractivity contribution in [1.29, 1.82) is 0 Å². The number of ether oxygens (including phenoxy) is 3. The number of Topliss-reactive ketones (excluding diaryl/α,β-unsaturated/α-hetero) is 1. The minimum absolute atomic E-state index is 0.299. The molecule has 0 bridgehead atoms. The summed E-state index contributed by atoms with van der Waals surface area (Å²) in [4.78, 5) is 38.2. The third-order valence-electron chi connectivity index (χ3n) is 6.54. The highest BCUT2D eigenvalue weighted by Gasteiger charge is 2.34. The number of methoxy groups -OCH3 is 1. The minimum Gasteiger partial charge on any atom is -0.465 e. The molecule has 7 nitrogen and oxygen atoms in total. The van der Waals surface area contributed by atoms with Gasteiger partial charge < -0.3 is 18.8 Å². The van der Waals surface area contributed by atoms with E-state index in [1.807, 2.05) is 66.9 Å². The number of aryl methyl sites for hydroxylation is 1. The van der Waals surface area contributed by atoms with Crippen molar-refractivity contribution >= 4 is 17.7 Å². The number of esters is 2. The maximum Gasteiger partial charge on any atom is 0.337 e. The molecule has 7 heteroatoms. The number of fused-ring (bicyclic) bond motifs is 2. The molecule has 0 amide bonds. The van der Waals surface area contributed by atoms with Crippen molar-refractivity contribution < 1.29 is 28.6 Å². The van der Waals surface area contributed by atoms with Crippen molar-refractivity contribution in [3.8, 4) is 17.2 Å². The largest absolute Gasteiger partial charge is 0.465 e. The molecule has 0 atom stereocenters. The molecule has 0 N–H and O–H groups in total. The quantitative estimate of drug-likeness (QED) is 0.258. The molecule has 3 aromatic carbocycles. The summed E-state index contributed by atoms with van der Waals surface area (Å²) in [5.41, 5.74) is 4.66. The van der Waals surface area contributed by atoms with E-state index in [4.69, 9.17) is 14.2 Å². The lowest BCUT2D eigenvalue weighted by Crippen LogP contribution is -2.23. The number of benzene rings is 3. The van der Waals surface area contributed by atoms with Gasteiger partial charge in [-0.15, -0.1) is 0 Å². The van der Waals surface area contributed by atoms with E-state index in [2.05, 4.69) is 0 Å². The highest BCUT2D eigenvalue weighted by molar-refractivity contribution is 6.00. The fourth-order valence-electron chi connectivity index (χ4n) is 4.77. The molecule has 0 spiro atoms. The highest BCUT2D eigenvalue weighted by atomic mass is 16.5. The van der Waals surface area contributed by atoms with Crippen LogP contribution in [0.3, 0.4) is 0 Å². The van der Waals surface area contributed by atoms with E-state index in [0.29, 0.717) is 39.4 Å². The standard InChI is InChI=1S/C30H25NO6/c1-18-16-24(19(2)31(18)21-14-12-20(13-15-21)29(33)35-3)25(32)17-36-30(34)28-22-8-4-6-10-26(22)37-27-11-7-5-9-23(27)28/h4-16,28H,17H2,1-3H3. The second-order valence-corrected chi connectivity index (χ2v) is 8.80. The molecule has 5 rings (SSSR count). The average Bonchev–Trinajstić information content (AvgIpc) is 3.23. The molecule has 1 aromatic heterocycles. The summed E-state index contributed by atoms with van der Waals surface area (Å²) < 4.78 is 18.2. The Kier molecular flexibility index (Phi) is 6.36. The van der Waals surface area contributed by atoms with Crippen molar-refractivity contribution in [2.75, 3.05) is 13.7 Å². The minimum atomic E-state index is -0.685. The van der Waals surface area contributed by atoms with E-state index in [0.717, 1.165) is 11.4 Å². The van der Waals surface area contributed by atoms with Gasteiger partial charge in [0.2, 0.25) is 5.78 Å². The summed E-state index contributed by atoms with van der Waals surface area (Å²) in [5.74, 6) is -0.724. The number of hydrogen-bond donors (Lipinski definition) is 0. The van der Waals surface area contributed by atoms with Gasteiger partial charge in [-0.1, -0.05) is 36.4 Å². The van der Waals surface area contributed by atoms with Crippen LogP contribution in [0.1, 0.15) is 49.1 Å². The number of ketones is 1. The lowest BCUT2D eigenvalue weighted by atomic mass is 9.88. The maximum absolute atomic E-state index is 13.3. The van der Waals surface area contributed by atoms with Crippen LogP contribution >= 0.6 is 0 Å². The number of hydrogen-bond acceptors (Lipinski definition) is 6. The van der Waals surface area contributed by atoms with E-state index in [-0.39, 0.29) is 12.4 Å². The van der Waals surface area contributed by atoms with Crippen molar-refractivity contribution in [2.45, 2.75) is 19.8 Å². The Morgan fingerprint density at radius 3 is 2.05 bits per heavy atom. The SMILES string of the molecule is COC(=O)c1ccc(-n2c(C)cc(C(=O)COC(=O)C3c4ccccc4Oc4ccccc43)c2C)cc1. The zero-order valence-corrected chi connectivity index (χ0v) is 20.7. The molecule has 0 unspecified atom stereocenters. The zero-order chi connectivity index (χ0) is 26.1. The molecular formula is C30H25NO6. The van der Waals surface area contributed by atoms with Gasteiger partial charge in [0.25, 0.3) is 0 Å². The van der Waals surface area contributed by atoms with Crippen LogP contribution < -0.4 is 4.74 Å². The Bertz CT molecular complexity index is 1470. The predicted octanol–water partition coefficient (Wildman–Crippen LogP) is 5.54. The first-order valence-electron chi connectivity index (χ1n) is 11.8. The van der Waals surface area contributed by atoms with E-state index in [1.54, 1.807) is 30.3 Å². The fourth-order valence-corrected chi connectivity index (χ4v) is 4.77. The van der Waals surface area contributed by atoms with Gasteiger partial charge in [0.1, 0.15) is 17.4 Å². The summed E-state index contributed by atoms with van der Waals surface area (Å²) in [6, 6.07) is 23.4. The van der Waals surface area contributed by atoms with Gasteiger partial charge in [0.05, 0.1) is 12.7 Å². The monoisotopic (exact) mass is 495 g/mol. The first-order chi connectivity index (χ1) is 17.9. The van der Waals surface area contributed by atoms with Crippen molar-refractivity contribution in [1.82, 2.24) is 4.57 Å². The molecule has 0 radical (unpaired) electrons. The van der Waals surface area contributed by atoms with Crippen LogP contribution in [0, 0.1) is 13.8 Å². The van der Waals surface area contributed by atoms with Crippen LogP contribution in [0.4, 0.5) is 0 Å². The third kappa shape index (κ3) is 4.40. The van der Waals surface area contributed by atoms with Crippen molar-refractivity contribution in [2.24, 2.45) is 0 Å². The Morgan fingerprint density at radius 2 is 1.46 bits per heavy atom. The van der Waals surface area contributed by atoms with Gasteiger partial charge in [-0.2, -0.15) is 0 Å². The van der Waals surface area contributed by atoms with Gasteiger partial charge in [-0.05, 0) is 56.3 Å². The second-order valence-electron chi connectivity index (χ2n) is 8.80. The van der Waals surface area contributed by atoms with E-state index in [9.17, 15) is 14.4 Å². The normalized spacial score (nSPS) is 12.2. The molecular weight excluding hydrogens is 470 g/mol. The number of aromatic nitrogens is 1. The van der Waals surface area contributed by atoms with E-state index < -0.39 is 17.9 Å². The van der Waals surface area contributed by atoms with Crippen LogP contribution in [0.25, 0.3) is 5.69 Å². The summed E-state index contributed by atoms with van der Waals surface area (Å²) >= 11 is 0. The fraction of sp³-hybridized carbons (Fsp3) is 0.167. The second kappa shape index (κ2) is 9.78. The first kappa shape index (κ1) is 24.1. The highest BCUT2D eigenvalue weighted by Crippen LogP contribution is 2.44. The predicted molar refractivity (Wildman–Crippen MR) is 137 cm³/mol. The van der Waals surface area contributed by atoms with Crippen molar-refractivity contribution in [3.05, 3.63) is 113 Å². The Morgan fingerprint density at radius 1 is 0.865 bits per heavy atom. The summed E-state index contributed by atoms with van der Waals surface area (Å²) in [7, 11) is 1.33. The lowest BCUT2D eigenvalue weighted by molar-refractivity contribution is -0.143. The number of nitrogens with zero attached hydrogens (tertiary/aromatic N) is 1. The number of carbonyl (C=O) groups is 3. The zero-order valence-electron chi connectivity index (χ0n) is 20.7. The third-order valence-corrected chi connectivity index (χ3v) is 6.54. The van der Waals surface area contributed by atoms with Crippen LogP contribution in [0.5, 0.6) is 11.5 Å². The van der Waals surface area contributed by atoms with Gasteiger partial charge >= 0.3 is 11.9 Å². The summed E-state index contributed by atoms with van der Waals surface area (Å²) in [6.45, 7) is 3.34. The Labute approximate surface area is 214 Å². The lowest BCUT2D eigenvalue weighted by Gasteiger charge is -2.26. The van der Waals surface area contributed by atoms with Gasteiger partial charge in [-0.3, -0.25) is 9.59 Å². The Balaban J connectivity index is 1.36. The molecule has 0 saturated heterocycles. The topological polar surface area (TPSA) is 83.8 Å². The van der Waals surface area contributed by atoms with Gasteiger partial charge in [0, 0.05) is 33.8 Å². The molecule has 0 saturated carbocycles. The maximum atomic E-state index is 13.3. The van der Waals surface area contributed by atoms with Crippen LogP contribution in [-0.4, -0.2) is 36.0 Å². The van der Waals surface area contributed by atoms with E-state index in [1.165, 1.54) is 7.11 Å². The van der Waals surface area contributed by atoms with Crippen LogP contribution in [-0.2, 0) is 14.3 Å². The molecule has 0 fully saturated rings. The summed E-state index contributed by atoms with van der Waals surface area (Å²) in [5, 5.41) is 0. The van der Waals surface area contributed by atoms with E-state index >= 15 is 0 Å². The first-order valence-corrected chi connectivity index (χ1v) is 11.8. The molecule has 2 heterocycles. The number of carbonyl (C=O) groups excluding carboxylic acids is 3. The Hall–Kier alpha value is -4.65. The molecule has 186 valence electrons. The van der Waals surface area contributed by atoms with Crippen molar-refractivity contribution in [3.63, 3.8) is 0 Å². The molecule has 37 heavy (non-hydrogen) atoms.